The van der Waals surface area contributed by atoms with Crippen molar-refractivity contribution in [2.75, 3.05) is 0 Å². The summed E-state index contributed by atoms with van der Waals surface area (Å²) in [6.07, 6.45) is 8.24. The maximum Gasteiger partial charge on any atom is 0.334 e. The Morgan fingerprint density at radius 2 is 2.06 bits per heavy atom. The molecule has 0 aromatic rings. The number of rotatable bonds is 0. The van der Waals surface area contributed by atoms with Crippen molar-refractivity contribution in [1.29, 1.82) is 0 Å². The number of carbonyl (C=O) groups excluding carboxylic acids is 2. The fourth-order valence-corrected chi connectivity index (χ4v) is 2.09. The maximum absolute atomic E-state index is 11.8. The highest BCUT2D eigenvalue weighted by Crippen LogP contribution is 2.33. The van der Waals surface area contributed by atoms with E-state index in [0.717, 1.165) is 11.1 Å². The van der Waals surface area contributed by atoms with Crippen LogP contribution in [-0.4, -0.2) is 17.9 Å². The molecular weight excluding hydrogens is 228 g/mol. The summed E-state index contributed by atoms with van der Waals surface area (Å²) in [4.78, 5) is 23.5. The van der Waals surface area contributed by atoms with Crippen molar-refractivity contribution in [3.05, 3.63) is 35.5 Å². The number of fused-ring (bicyclic) bond motifs is 1. The van der Waals surface area contributed by atoms with Crippen molar-refractivity contribution in [2.45, 2.75) is 39.7 Å². The van der Waals surface area contributed by atoms with E-state index in [9.17, 15) is 9.59 Å². The minimum atomic E-state index is -0.363. The summed E-state index contributed by atoms with van der Waals surface area (Å²) in [5.74, 6) is -0.198. The molecule has 0 aromatic heterocycles. The lowest BCUT2D eigenvalue weighted by atomic mass is 9.85. The molecule has 0 amide bonds. The first kappa shape index (κ1) is 12.8. The average molecular weight is 246 g/mol. The molecule has 0 saturated heterocycles. The Labute approximate surface area is 107 Å². The second kappa shape index (κ2) is 4.56. The molecule has 2 bridgehead atoms. The second-order valence-corrected chi connectivity index (χ2v) is 5.46. The minimum absolute atomic E-state index is 0.0252. The van der Waals surface area contributed by atoms with Gasteiger partial charge in [0.1, 0.15) is 6.10 Å². The van der Waals surface area contributed by atoms with Gasteiger partial charge < -0.3 is 4.74 Å². The zero-order chi connectivity index (χ0) is 13.3. The van der Waals surface area contributed by atoms with E-state index >= 15 is 0 Å². The molecule has 0 aromatic carbocycles. The summed E-state index contributed by atoms with van der Waals surface area (Å²) in [6, 6.07) is 0. The van der Waals surface area contributed by atoms with Crippen molar-refractivity contribution < 1.29 is 14.3 Å². The number of carbonyl (C=O) groups is 2. The molecule has 0 saturated carbocycles. The quantitative estimate of drug-likeness (QED) is 0.617. The van der Waals surface area contributed by atoms with Gasteiger partial charge in [0.2, 0.25) is 0 Å². The summed E-state index contributed by atoms with van der Waals surface area (Å²) < 4.78 is 5.36. The Balaban J connectivity index is 2.37. The first-order valence-electron chi connectivity index (χ1n) is 6.22. The molecule has 0 spiro atoms. The Morgan fingerprint density at radius 1 is 1.33 bits per heavy atom. The molecule has 0 N–H and O–H groups in total. The van der Waals surface area contributed by atoms with Crippen LogP contribution in [0.2, 0.25) is 0 Å². The smallest absolute Gasteiger partial charge is 0.334 e. The van der Waals surface area contributed by atoms with Crippen LogP contribution < -0.4 is 0 Å². The van der Waals surface area contributed by atoms with Crippen LogP contribution in [0.25, 0.3) is 0 Å². The lowest BCUT2D eigenvalue weighted by Gasteiger charge is -2.25. The van der Waals surface area contributed by atoms with E-state index < -0.39 is 0 Å². The lowest BCUT2D eigenvalue weighted by molar-refractivity contribution is -0.142. The molecule has 2 aliphatic rings. The highest BCUT2D eigenvalue weighted by Gasteiger charge is 2.35. The van der Waals surface area contributed by atoms with Crippen molar-refractivity contribution in [3.8, 4) is 0 Å². The molecule has 1 aliphatic carbocycles. The highest BCUT2D eigenvalue weighted by atomic mass is 16.5. The summed E-state index contributed by atoms with van der Waals surface area (Å²) in [5, 5.41) is 0. The lowest BCUT2D eigenvalue weighted by Crippen LogP contribution is -2.27. The summed E-state index contributed by atoms with van der Waals surface area (Å²) in [6.45, 7) is 5.73. The van der Waals surface area contributed by atoms with E-state index in [0.29, 0.717) is 12.8 Å². The zero-order valence-electron chi connectivity index (χ0n) is 11.0. The van der Waals surface area contributed by atoms with E-state index in [1.54, 1.807) is 6.08 Å². The first-order valence-corrected chi connectivity index (χ1v) is 6.22. The normalized spacial score (nSPS) is 31.8. The van der Waals surface area contributed by atoms with Gasteiger partial charge in [0, 0.05) is 11.0 Å². The molecule has 2 rings (SSSR count). The van der Waals surface area contributed by atoms with Gasteiger partial charge in [0.15, 0.2) is 5.78 Å². The molecule has 1 heterocycles. The average Bonchev–Trinajstić information content (AvgIpc) is 2.67. The SMILES string of the molecule is C/C1=C/CCC2=C[C@@H](OC2=O)C(C)(C)/C=C/C1=O. The van der Waals surface area contributed by atoms with Gasteiger partial charge in [-0.1, -0.05) is 26.0 Å². The van der Waals surface area contributed by atoms with Gasteiger partial charge in [-0.25, -0.2) is 4.79 Å². The van der Waals surface area contributed by atoms with Gasteiger partial charge >= 0.3 is 5.97 Å². The van der Waals surface area contributed by atoms with Crippen molar-refractivity contribution in [1.82, 2.24) is 0 Å². The predicted molar refractivity (Wildman–Crippen MR) is 68.9 cm³/mol. The van der Waals surface area contributed by atoms with E-state index in [-0.39, 0.29) is 23.3 Å². The van der Waals surface area contributed by atoms with Crippen LogP contribution >= 0.6 is 0 Å². The molecule has 3 heteroatoms. The van der Waals surface area contributed by atoms with Crippen molar-refractivity contribution in [3.63, 3.8) is 0 Å². The molecular formula is C15H18O3. The summed E-state index contributed by atoms with van der Waals surface area (Å²) in [5.41, 5.74) is 1.09. The van der Waals surface area contributed by atoms with E-state index in [1.165, 1.54) is 0 Å². The molecule has 96 valence electrons. The van der Waals surface area contributed by atoms with Gasteiger partial charge in [-0.05, 0) is 37.5 Å². The van der Waals surface area contributed by atoms with Crippen LogP contribution in [0.5, 0.6) is 0 Å². The Bertz CT molecular complexity index is 478. The van der Waals surface area contributed by atoms with E-state index in [4.69, 9.17) is 4.74 Å². The molecule has 3 nitrogen and oxygen atoms in total. The Hall–Kier alpha value is -1.64. The standard InChI is InChI=1S/C15H18O3/c1-10-5-4-6-11-9-13(18-14(11)17)15(2,3)8-7-12(10)16/h5,7-9,13H,4,6H2,1-3H3/b8-7+,10-5-/t13-/m1/s1. The van der Waals surface area contributed by atoms with Crippen LogP contribution in [0.4, 0.5) is 0 Å². The predicted octanol–water partition coefficient (Wildman–Crippen LogP) is 2.73. The zero-order valence-corrected chi connectivity index (χ0v) is 11.0. The number of esters is 1. The van der Waals surface area contributed by atoms with E-state index in [1.807, 2.05) is 39.0 Å². The third kappa shape index (κ3) is 2.45. The molecule has 1 atom stereocenters. The topological polar surface area (TPSA) is 43.4 Å². The van der Waals surface area contributed by atoms with Crippen LogP contribution in [0.3, 0.4) is 0 Å². The van der Waals surface area contributed by atoms with Crippen LogP contribution in [0.15, 0.2) is 35.5 Å². The number of ketones is 1. The number of ether oxygens (including phenoxy) is 1. The number of hydrogen-bond donors (Lipinski definition) is 0. The van der Waals surface area contributed by atoms with E-state index in [2.05, 4.69) is 0 Å². The third-order valence-electron chi connectivity index (χ3n) is 3.50. The fourth-order valence-electron chi connectivity index (χ4n) is 2.09. The summed E-state index contributed by atoms with van der Waals surface area (Å²) >= 11 is 0. The summed E-state index contributed by atoms with van der Waals surface area (Å²) in [7, 11) is 0. The largest absolute Gasteiger partial charge is 0.454 e. The van der Waals surface area contributed by atoms with Crippen LogP contribution in [0, 0.1) is 5.41 Å². The highest BCUT2D eigenvalue weighted by molar-refractivity contribution is 6.03. The Morgan fingerprint density at radius 3 is 2.78 bits per heavy atom. The second-order valence-electron chi connectivity index (χ2n) is 5.46. The van der Waals surface area contributed by atoms with Crippen LogP contribution in [-0.2, 0) is 14.3 Å². The first-order chi connectivity index (χ1) is 8.40. The van der Waals surface area contributed by atoms with Gasteiger partial charge in [-0.15, -0.1) is 0 Å². The molecule has 18 heavy (non-hydrogen) atoms. The van der Waals surface area contributed by atoms with Gasteiger partial charge in [0.25, 0.3) is 0 Å². The van der Waals surface area contributed by atoms with Crippen LogP contribution in [0.1, 0.15) is 33.6 Å². The maximum atomic E-state index is 11.8. The molecule has 0 unspecified atom stereocenters. The number of hydrogen-bond acceptors (Lipinski definition) is 3. The van der Waals surface area contributed by atoms with Gasteiger partial charge in [-0.2, -0.15) is 0 Å². The molecule has 1 aliphatic heterocycles. The monoisotopic (exact) mass is 246 g/mol. The molecule has 0 fully saturated rings. The van der Waals surface area contributed by atoms with Gasteiger partial charge in [-0.3, -0.25) is 4.79 Å². The third-order valence-corrected chi connectivity index (χ3v) is 3.50. The van der Waals surface area contributed by atoms with Gasteiger partial charge in [0.05, 0.1) is 0 Å². The number of allylic oxidation sites excluding steroid dienone is 3. The Kier molecular flexibility index (Phi) is 3.24. The minimum Gasteiger partial charge on any atom is -0.454 e. The van der Waals surface area contributed by atoms with Crippen molar-refractivity contribution >= 4 is 11.8 Å². The van der Waals surface area contributed by atoms with Crippen molar-refractivity contribution in [2.24, 2.45) is 5.41 Å². The fraction of sp³-hybridized carbons (Fsp3) is 0.467. The molecule has 0 radical (unpaired) electrons.